The van der Waals surface area contributed by atoms with Gasteiger partial charge in [-0.2, -0.15) is 10.1 Å². The van der Waals surface area contributed by atoms with Crippen molar-refractivity contribution in [2.24, 2.45) is 0 Å². The lowest BCUT2D eigenvalue weighted by Crippen LogP contribution is -2.16. The number of carbonyl (C=O) groups is 1. The lowest BCUT2D eigenvalue weighted by atomic mass is 9.95. The van der Waals surface area contributed by atoms with Gasteiger partial charge in [0, 0.05) is 41.8 Å². The van der Waals surface area contributed by atoms with Crippen LogP contribution in [0.2, 0.25) is 0 Å². The highest BCUT2D eigenvalue weighted by atomic mass is 79.9. The molecule has 0 saturated carbocycles. The van der Waals surface area contributed by atoms with Crippen molar-refractivity contribution < 1.29 is 4.79 Å². The van der Waals surface area contributed by atoms with E-state index >= 15 is 0 Å². The zero-order valence-corrected chi connectivity index (χ0v) is 18.4. The molecule has 1 unspecified atom stereocenters. The fourth-order valence-corrected chi connectivity index (χ4v) is 4.18. The van der Waals surface area contributed by atoms with Gasteiger partial charge in [-0.15, -0.1) is 0 Å². The summed E-state index contributed by atoms with van der Waals surface area (Å²) >= 11 is 3.52. The van der Waals surface area contributed by atoms with E-state index in [-0.39, 0.29) is 5.91 Å². The van der Waals surface area contributed by atoms with Gasteiger partial charge in [-0.3, -0.25) is 14.5 Å². The predicted octanol–water partition coefficient (Wildman–Crippen LogP) is 4.09. The van der Waals surface area contributed by atoms with E-state index in [2.05, 4.69) is 48.6 Å². The molecule has 3 aromatic heterocycles. The van der Waals surface area contributed by atoms with Crippen molar-refractivity contribution in [1.82, 2.24) is 24.7 Å². The number of carbonyl (C=O) groups excluding carboxylic acids is 1. The summed E-state index contributed by atoms with van der Waals surface area (Å²) in [6.07, 6.45) is 6.41. The van der Waals surface area contributed by atoms with Crippen LogP contribution in [0.1, 0.15) is 36.1 Å². The molecular weight excluding hydrogens is 458 g/mol. The van der Waals surface area contributed by atoms with E-state index in [4.69, 9.17) is 4.98 Å². The van der Waals surface area contributed by atoms with Crippen LogP contribution in [0.25, 0.3) is 11.0 Å². The Kier molecular flexibility index (Phi) is 5.11. The fraction of sp³-hybridized carbons (Fsp3) is 0.227. The van der Waals surface area contributed by atoms with E-state index in [0.717, 1.165) is 39.6 Å². The second-order valence-corrected chi connectivity index (χ2v) is 8.35. The summed E-state index contributed by atoms with van der Waals surface area (Å²) in [6, 6.07) is 9.64. The smallest absolute Gasteiger partial charge is 0.238 e. The first-order chi connectivity index (χ1) is 15.1. The minimum absolute atomic E-state index is 0.102. The third-order valence-electron chi connectivity index (χ3n) is 5.20. The molecule has 0 radical (unpaired) electrons. The summed E-state index contributed by atoms with van der Waals surface area (Å²) in [5.41, 5.74) is 3.92. The number of halogens is 1. The van der Waals surface area contributed by atoms with Crippen LogP contribution in [0.3, 0.4) is 0 Å². The minimum Gasteiger partial charge on any atom is -0.350 e. The van der Waals surface area contributed by atoms with Gasteiger partial charge in [0.15, 0.2) is 5.65 Å². The van der Waals surface area contributed by atoms with Gasteiger partial charge >= 0.3 is 0 Å². The van der Waals surface area contributed by atoms with Crippen LogP contribution in [0.4, 0.5) is 11.6 Å². The molecule has 0 bridgehead atoms. The fourth-order valence-electron chi connectivity index (χ4n) is 3.80. The highest BCUT2D eigenvalue weighted by Crippen LogP contribution is 2.40. The molecule has 1 atom stereocenters. The molecule has 0 spiro atoms. The molecular formula is C22H20BrN7O. The molecule has 8 nitrogen and oxygen atoms in total. The number of aryl methyl sites for hydroxylation is 1. The van der Waals surface area contributed by atoms with Crippen LogP contribution in [0.15, 0.2) is 53.4 Å². The van der Waals surface area contributed by atoms with Crippen molar-refractivity contribution in [2.45, 2.75) is 32.4 Å². The molecule has 1 aliphatic heterocycles. The summed E-state index contributed by atoms with van der Waals surface area (Å²) in [6.45, 7) is 3.39. The largest absolute Gasteiger partial charge is 0.350 e. The molecule has 156 valence electrons. The molecule has 4 heterocycles. The Bertz CT molecular complexity index is 1270. The molecule has 0 fully saturated rings. The monoisotopic (exact) mass is 477 g/mol. The van der Waals surface area contributed by atoms with Crippen LogP contribution < -0.4 is 10.6 Å². The first kappa shape index (κ1) is 19.6. The number of nitrogens with one attached hydrogen (secondary N) is 2. The Balaban J connectivity index is 1.60. The minimum atomic E-state index is -0.531. The van der Waals surface area contributed by atoms with Crippen molar-refractivity contribution in [3.8, 4) is 0 Å². The van der Waals surface area contributed by atoms with Gasteiger partial charge in [-0.05, 0) is 41.8 Å². The second kappa shape index (κ2) is 8.07. The van der Waals surface area contributed by atoms with Crippen molar-refractivity contribution in [3.63, 3.8) is 0 Å². The number of hydrogen-bond donors (Lipinski definition) is 2. The predicted molar refractivity (Wildman–Crippen MR) is 122 cm³/mol. The molecule has 9 heteroatoms. The van der Waals surface area contributed by atoms with Gasteiger partial charge in [0.1, 0.15) is 5.92 Å². The van der Waals surface area contributed by atoms with E-state index in [1.54, 1.807) is 12.4 Å². The standard InChI is InChI=1S/C22H20BrN7O/c1-2-8-30-12-16-19(18-15-9-14(23)5-6-17(15)26-21(18)31)27-22(28-20(16)29-30)25-11-13-4-3-7-24-10-13/h3-7,9-10,12,18H,2,8,11H2,1H3,(H,26,31)(H,25,28,29). The molecule has 1 amide bonds. The average molecular weight is 478 g/mol. The number of fused-ring (bicyclic) bond motifs is 2. The van der Waals surface area contributed by atoms with Gasteiger partial charge in [0.2, 0.25) is 11.9 Å². The number of amides is 1. The van der Waals surface area contributed by atoms with Crippen molar-refractivity contribution in [3.05, 3.63) is 70.2 Å². The van der Waals surface area contributed by atoms with Crippen molar-refractivity contribution in [1.29, 1.82) is 0 Å². The molecule has 1 aromatic carbocycles. The van der Waals surface area contributed by atoms with E-state index in [0.29, 0.717) is 23.8 Å². The summed E-state index contributed by atoms with van der Waals surface area (Å²) in [7, 11) is 0. The highest BCUT2D eigenvalue weighted by molar-refractivity contribution is 9.10. The first-order valence-corrected chi connectivity index (χ1v) is 10.9. The Morgan fingerprint density at radius 2 is 2.16 bits per heavy atom. The molecule has 4 aromatic rings. The van der Waals surface area contributed by atoms with E-state index < -0.39 is 5.92 Å². The number of anilines is 2. The maximum absolute atomic E-state index is 13.0. The second-order valence-electron chi connectivity index (χ2n) is 7.43. The SMILES string of the molecule is CCCn1cc2c(C3C(=O)Nc4ccc(Br)cc43)nc(NCc3cccnc3)nc2n1. The maximum atomic E-state index is 13.0. The Morgan fingerprint density at radius 3 is 2.97 bits per heavy atom. The highest BCUT2D eigenvalue weighted by Gasteiger charge is 2.35. The van der Waals surface area contributed by atoms with E-state index in [9.17, 15) is 4.79 Å². The first-order valence-electron chi connectivity index (χ1n) is 10.1. The topological polar surface area (TPSA) is 97.6 Å². The van der Waals surface area contributed by atoms with Crippen LogP contribution in [-0.4, -0.2) is 30.6 Å². The van der Waals surface area contributed by atoms with Crippen LogP contribution in [-0.2, 0) is 17.9 Å². The number of benzene rings is 1. The Labute approximate surface area is 187 Å². The summed E-state index contributed by atoms with van der Waals surface area (Å²) < 4.78 is 2.78. The third kappa shape index (κ3) is 3.76. The Morgan fingerprint density at radius 1 is 1.26 bits per heavy atom. The lowest BCUT2D eigenvalue weighted by molar-refractivity contribution is -0.116. The van der Waals surface area contributed by atoms with Gasteiger partial charge in [0.05, 0.1) is 11.1 Å². The Hall–Kier alpha value is -3.33. The summed E-state index contributed by atoms with van der Waals surface area (Å²) in [5, 5.41) is 11.6. The summed E-state index contributed by atoms with van der Waals surface area (Å²) in [5.74, 6) is -0.199. The van der Waals surface area contributed by atoms with Gasteiger partial charge < -0.3 is 10.6 Å². The summed E-state index contributed by atoms with van der Waals surface area (Å²) in [4.78, 5) is 26.5. The van der Waals surface area contributed by atoms with Gasteiger partial charge in [0.25, 0.3) is 0 Å². The molecule has 31 heavy (non-hydrogen) atoms. The van der Waals surface area contributed by atoms with Crippen LogP contribution in [0.5, 0.6) is 0 Å². The van der Waals surface area contributed by atoms with E-state index in [1.165, 1.54) is 0 Å². The quantitative estimate of drug-likeness (QED) is 0.433. The molecule has 5 rings (SSSR count). The number of rotatable bonds is 6. The van der Waals surface area contributed by atoms with Crippen molar-refractivity contribution >= 4 is 44.5 Å². The maximum Gasteiger partial charge on any atom is 0.238 e. The molecule has 0 aliphatic carbocycles. The number of nitrogens with zero attached hydrogens (tertiary/aromatic N) is 5. The molecule has 1 aliphatic rings. The number of aromatic nitrogens is 5. The van der Waals surface area contributed by atoms with Crippen LogP contribution >= 0.6 is 15.9 Å². The lowest BCUT2D eigenvalue weighted by Gasteiger charge is -2.12. The number of hydrogen-bond acceptors (Lipinski definition) is 6. The zero-order chi connectivity index (χ0) is 21.4. The van der Waals surface area contributed by atoms with Gasteiger partial charge in [-0.1, -0.05) is 28.9 Å². The van der Waals surface area contributed by atoms with E-state index in [1.807, 2.05) is 41.2 Å². The van der Waals surface area contributed by atoms with Crippen molar-refractivity contribution in [2.75, 3.05) is 10.6 Å². The normalized spacial score (nSPS) is 15.2. The number of pyridine rings is 1. The third-order valence-corrected chi connectivity index (χ3v) is 5.69. The average Bonchev–Trinajstić information content (AvgIpc) is 3.32. The van der Waals surface area contributed by atoms with Gasteiger partial charge in [-0.25, -0.2) is 4.98 Å². The zero-order valence-electron chi connectivity index (χ0n) is 16.8. The van der Waals surface area contributed by atoms with Crippen LogP contribution in [0, 0.1) is 0 Å². The molecule has 2 N–H and O–H groups in total. The molecule has 0 saturated heterocycles.